The summed E-state index contributed by atoms with van der Waals surface area (Å²) in [6.07, 6.45) is 5.05. The molecule has 0 spiro atoms. The van der Waals surface area contributed by atoms with E-state index in [1.165, 1.54) is 19.3 Å². The Labute approximate surface area is 97.9 Å². The van der Waals surface area contributed by atoms with E-state index in [-0.39, 0.29) is 5.91 Å². The molecular weight excluding hydrogens is 204 g/mol. The highest BCUT2D eigenvalue weighted by Gasteiger charge is 2.25. The van der Waals surface area contributed by atoms with Crippen molar-refractivity contribution in [3.63, 3.8) is 0 Å². The molecule has 1 fully saturated rings. The van der Waals surface area contributed by atoms with E-state index >= 15 is 0 Å². The van der Waals surface area contributed by atoms with Gasteiger partial charge in [0.2, 0.25) is 5.91 Å². The number of rotatable bonds is 7. The summed E-state index contributed by atoms with van der Waals surface area (Å²) >= 11 is 0. The van der Waals surface area contributed by atoms with E-state index in [0.717, 1.165) is 19.5 Å². The second-order valence-corrected chi connectivity index (χ2v) is 4.59. The van der Waals surface area contributed by atoms with Crippen molar-refractivity contribution in [2.24, 2.45) is 17.6 Å². The zero-order chi connectivity index (χ0) is 11.8. The van der Waals surface area contributed by atoms with Gasteiger partial charge in [-0.1, -0.05) is 6.42 Å². The van der Waals surface area contributed by atoms with Crippen LogP contribution in [0.1, 0.15) is 32.1 Å². The maximum absolute atomic E-state index is 11.5. The average Bonchev–Trinajstić information content (AvgIpc) is 2.74. The minimum Gasteiger partial charge on any atom is -0.385 e. The van der Waals surface area contributed by atoms with Crippen LogP contribution in [0, 0.1) is 11.8 Å². The quantitative estimate of drug-likeness (QED) is 0.636. The molecule has 1 aliphatic rings. The first-order valence-corrected chi connectivity index (χ1v) is 6.23. The van der Waals surface area contributed by atoms with Crippen molar-refractivity contribution < 1.29 is 9.53 Å². The van der Waals surface area contributed by atoms with Crippen LogP contribution in [0.3, 0.4) is 0 Å². The van der Waals surface area contributed by atoms with E-state index in [9.17, 15) is 4.79 Å². The number of hydrogen-bond donors (Lipinski definition) is 2. The van der Waals surface area contributed by atoms with E-state index in [0.29, 0.717) is 24.9 Å². The van der Waals surface area contributed by atoms with Crippen molar-refractivity contribution in [3.05, 3.63) is 0 Å². The van der Waals surface area contributed by atoms with Crippen LogP contribution in [0.25, 0.3) is 0 Å². The van der Waals surface area contributed by atoms with E-state index in [2.05, 4.69) is 5.32 Å². The van der Waals surface area contributed by atoms with Crippen LogP contribution in [0.4, 0.5) is 0 Å². The second-order valence-electron chi connectivity index (χ2n) is 4.59. The van der Waals surface area contributed by atoms with Crippen LogP contribution < -0.4 is 11.1 Å². The van der Waals surface area contributed by atoms with Gasteiger partial charge in [-0.15, -0.1) is 0 Å². The molecule has 0 aromatic heterocycles. The van der Waals surface area contributed by atoms with Crippen LogP contribution in [-0.4, -0.2) is 32.7 Å². The molecule has 0 aliphatic heterocycles. The Kier molecular flexibility index (Phi) is 6.42. The molecule has 2 atom stereocenters. The zero-order valence-corrected chi connectivity index (χ0v) is 10.2. The Hall–Kier alpha value is -0.610. The maximum atomic E-state index is 11.5. The lowest BCUT2D eigenvalue weighted by molar-refractivity contribution is -0.121. The summed E-state index contributed by atoms with van der Waals surface area (Å²) in [5.41, 5.74) is 5.70. The van der Waals surface area contributed by atoms with Crippen LogP contribution in [0.5, 0.6) is 0 Å². The minimum atomic E-state index is 0.139. The lowest BCUT2D eigenvalue weighted by Crippen LogP contribution is -2.32. The van der Waals surface area contributed by atoms with Gasteiger partial charge in [0.1, 0.15) is 0 Å². The zero-order valence-electron chi connectivity index (χ0n) is 10.2. The van der Waals surface area contributed by atoms with Crippen LogP contribution >= 0.6 is 0 Å². The standard InChI is InChI=1S/C12H24N2O2/c1-16-7-3-6-12(15)14-9-11-5-2-4-10(11)8-13/h10-11H,2-9,13H2,1H3,(H,14,15). The molecule has 1 amide bonds. The highest BCUT2D eigenvalue weighted by Crippen LogP contribution is 2.30. The van der Waals surface area contributed by atoms with Crippen LogP contribution in [-0.2, 0) is 9.53 Å². The van der Waals surface area contributed by atoms with E-state index in [1.807, 2.05) is 0 Å². The monoisotopic (exact) mass is 228 g/mol. The Balaban J connectivity index is 2.11. The molecule has 0 aromatic rings. The lowest BCUT2D eigenvalue weighted by atomic mass is 9.96. The highest BCUT2D eigenvalue weighted by molar-refractivity contribution is 5.75. The smallest absolute Gasteiger partial charge is 0.220 e. The average molecular weight is 228 g/mol. The number of methoxy groups -OCH3 is 1. The van der Waals surface area contributed by atoms with Crippen molar-refractivity contribution >= 4 is 5.91 Å². The van der Waals surface area contributed by atoms with Gasteiger partial charge in [-0.25, -0.2) is 0 Å². The third-order valence-electron chi connectivity index (χ3n) is 3.43. The van der Waals surface area contributed by atoms with Gasteiger partial charge in [0.15, 0.2) is 0 Å². The summed E-state index contributed by atoms with van der Waals surface area (Å²) in [6, 6.07) is 0. The van der Waals surface area contributed by atoms with Crippen LogP contribution in [0.15, 0.2) is 0 Å². The van der Waals surface area contributed by atoms with Gasteiger partial charge in [0, 0.05) is 26.7 Å². The SMILES string of the molecule is COCCCC(=O)NCC1CCCC1CN. The molecule has 1 saturated carbocycles. The molecule has 4 heteroatoms. The molecule has 16 heavy (non-hydrogen) atoms. The first kappa shape index (κ1) is 13.5. The van der Waals surface area contributed by atoms with E-state index in [1.54, 1.807) is 7.11 Å². The first-order valence-electron chi connectivity index (χ1n) is 6.23. The van der Waals surface area contributed by atoms with Gasteiger partial charge < -0.3 is 15.8 Å². The molecule has 3 N–H and O–H groups in total. The number of hydrogen-bond acceptors (Lipinski definition) is 3. The molecule has 0 heterocycles. The normalized spacial score (nSPS) is 24.6. The number of carbonyl (C=O) groups excluding carboxylic acids is 1. The number of carbonyl (C=O) groups is 1. The summed E-state index contributed by atoms with van der Waals surface area (Å²) in [6.45, 7) is 2.21. The van der Waals surface area contributed by atoms with Gasteiger partial charge in [-0.05, 0) is 37.6 Å². The van der Waals surface area contributed by atoms with Crippen molar-refractivity contribution in [2.45, 2.75) is 32.1 Å². The fourth-order valence-corrected chi connectivity index (χ4v) is 2.40. The topological polar surface area (TPSA) is 64.3 Å². The Bertz CT molecular complexity index is 209. The second kappa shape index (κ2) is 7.63. The van der Waals surface area contributed by atoms with E-state index < -0.39 is 0 Å². The minimum absolute atomic E-state index is 0.139. The van der Waals surface area contributed by atoms with Crippen molar-refractivity contribution in [1.82, 2.24) is 5.32 Å². The lowest BCUT2D eigenvalue weighted by Gasteiger charge is -2.18. The van der Waals surface area contributed by atoms with Crippen molar-refractivity contribution in [2.75, 3.05) is 26.8 Å². The predicted octanol–water partition coefficient (Wildman–Crippen LogP) is 0.904. The van der Waals surface area contributed by atoms with Gasteiger partial charge in [0.25, 0.3) is 0 Å². The Morgan fingerprint density at radius 3 is 2.88 bits per heavy atom. The van der Waals surface area contributed by atoms with Gasteiger partial charge in [-0.3, -0.25) is 4.79 Å². The maximum Gasteiger partial charge on any atom is 0.220 e. The fraction of sp³-hybridized carbons (Fsp3) is 0.917. The highest BCUT2D eigenvalue weighted by atomic mass is 16.5. The Morgan fingerprint density at radius 2 is 2.19 bits per heavy atom. The molecule has 94 valence electrons. The van der Waals surface area contributed by atoms with Gasteiger partial charge in [0.05, 0.1) is 0 Å². The molecule has 1 rings (SSSR count). The Morgan fingerprint density at radius 1 is 1.44 bits per heavy atom. The van der Waals surface area contributed by atoms with E-state index in [4.69, 9.17) is 10.5 Å². The summed E-state index contributed by atoms with van der Waals surface area (Å²) in [7, 11) is 1.66. The molecular formula is C12H24N2O2. The molecule has 0 aromatic carbocycles. The predicted molar refractivity (Wildman–Crippen MR) is 64.0 cm³/mol. The molecule has 0 bridgehead atoms. The van der Waals surface area contributed by atoms with Crippen molar-refractivity contribution in [1.29, 1.82) is 0 Å². The largest absolute Gasteiger partial charge is 0.385 e. The van der Waals surface area contributed by atoms with Gasteiger partial charge >= 0.3 is 0 Å². The number of ether oxygens (including phenoxy) is 1. The number of amides is 1. The molecule has 1 aliphatic carbocycles. The fourth-order valence-electron chi connectivity index (χ4n) is 2.40. The van der Waals surface area contributed by atoms with Crippen LogP contribution in [0.2, 0.25) is 0 Å². The summed E-state index contributed by atoms with van der Waals surface area (Å²) < 4.78 is 4.91. The summed E-state index contributed by atoms with van der Waals surface area (Å²) in [5.74, 6) is 1.34. The molecule has 4 nitrogen and oxygen atoms in total. The molecule has 2 unspecified atom stereocenters. The number of nitrogens with two attached hydrogens (primary N) is 1. The van der Waals surface area contributed by atoms with Gasteiger partial charge in [-0.2, -0.15) is 0 Å². The number of nitrogens with one attached hydrogen (secondary N) is 1. The molecule has 0 saturated heterocycles. The first-order chi connectivity index (χ1) is 7.77. The van der Waals surface area contributed by atoms with Crippen molar-refractivity contribution in [3.8, 4) is 0 Å². The third-order valence-corrected chi connectivity index (χ3v) is 3.43. The summed E-state index contributed by atoms with van der Waals surface area (Å²) in [5, 5.41) is 3.00. The molecule has 0 radical (unpaired) electrons. The summed E-state index contributed by atoms with van der Waals surface area (Å²) in [4.78, 5) is 11.5. The third kappa shape index (κ3) is 4.49.